The Morgan fingerprint density at radius 1 is 1.10 bits per heavy atom. The molecule has 1 saturated carbocycles. The van der Waals surface area contributed by atoms with Crippen LogP contribution in [0.3, 0.4) is 0 Å². The first kappa shape index (κ1) is 15.0. The van der Waals surface area contributed by atoms with Crippen LogP contribution in [-0.2, 0) is 9.59 Å². The minimum Gasteiger partial charge on any atom is -0.550 e. The van der Waals surface area contributed by atoms with Gasteiger partial charge in [-0.15, -0.1) is 0 Å². The first-order chi connectivity index (χ1) is 9.99. The predicted octanol–water partition coefficient (Wildman–Crippen LogP) is 1.09. The third kappa shape index (κ3) is 3.56. The maximum atomic E-state index is 12.2. The number of amides is 1. The summed E-state index contributed by atoms with van der Waals surface area (Å²) in [4.78, 5) is 33.3. The van der Waals surface area contributed by atoms with Gasteiger partial charge in [-0.1, -0.05) is 12.8 Å². The van der Waals surface area contributed by atoms with Crippen molar-refractivity contribution in [3.05, 3.63) is 34.4 Å². The second-order valence-electron chi connectivity index (χ2n) is 5.11. The van der Waals surface area contributed by atoms with E-state index in [4.69, 9.17) is 0 Å². The van der Waals surface area contributed by atoms with Crippen LogP contribution in [0, 0.1) is 22.0 Å². The Hall–Kier alpha value is -2.44. The number of aliphatic carboxylic acids is 1. The third-order valence-electron chi connectivity index (χ3n) is 3.75. The fourth-order valence-electron chi connectivity index (χ4n) is 2.63. The van der Waals surface area contributed by atoms with Crippen molar-refractivity contribution in [2.24, 2.45) is 11.8 Å². The molecule has 1 fully saturated rings. The number of nitrogens with one attached hydrogen (secondary N) is 1. The van der Waals surface area contributed by atoms with Crippen LogP contribution in [0.5, 0.6) is 0 Å². The molecular weight excluding hydrogens is 276 g/mol. The van der Waals surface area contributed by atoms with Crippen molar-refractivity contribution in [3.8, 4) is 0 Å². The first-order valence-electron chi connectivity index (χ1n) is 6.75. The zero-order valence-corrected chi connectivity index (χ0v) is 11.3. The second kappa shape index (κ2) is 6.34. The highest BCUT2D eigenvalue weighted by Gasteiger charge is 2.31. The number of carboxylic acids is 1. The zero-order valence-electron chi connectivity index (χ0n) is 11.3. The number of anilines is 1. The minimum atomic E-state index is -1.20. The summed E-state index contributed by atoms with van der Waals surface area (Å²) in [5.41, 5.74) is 0.339. The summed E-state index contributed by atoms with van der Waals surface area (Å²) in [5.74, 6) is -2.95. The monoisotopic (exact) mass is 291 g/mol. The molecule has 0 unspecified atom stereocenters. The van der Waals surface area contributed by atoms with Crippen molar-refractivity contribution >= 4 is 23.3 Å². The number of hydrogen-bond acceptors (Lipinski definition) is 5. The highest BCUT2D eigenvalue weighted by molar-refractivity contribution is 5.95. The van der Waals surface area contributed by atoms with E-state index in [-0.39, 0.29) is 11.6 Å². The van der Waals surface area contributed by atoms with Crippen LogP contribution >= 0.6 is 0 Å². The number of nitrogens with zero attached hydrogens (tertiary/aromatic N) is 1. The highest BCUT2D eigenvalue weighted by Crippen LogP contribution is 2.30. The van der Waals surface area contributed by atoms with Crippen molar-refractivity contribution in [1.29, 1.82) is 0 Å². The van der Waals surface area contributed by atoms with Gasteiger partial charge in [-0.2, -0.15) is 0 Å². The van der Waals surface area contributed by atoms with Gasteiger partial charge in [0.2, 0.25) is 5.91 Å². The summed E-state index contributed by atoms with van der Waals surface area (Å²) in [7, 11) is 0. The normalized spacial score (nSPS) is 21.5. The topological polar surface area (TPSA) is 112 Å². The van der Waals surface area contributed by atoms with Crippen molar-refractivity contribution in [2.45, 2.75) is 25.7 Å². The molecule has 0 bridgehead atoms. The number of carbonyl (C=O) groups excluding carboxylic acids is 2. The van der Waals surface area contributed by atoms with Crippen molar-refractivity contribution in [3.63, 3.8) is 0 Å². The summed E-state index contributed by atoms with van der Waals surface area (Å²) in [6.45, 7) is 0. The third-order valence-corrected chi connectivity index (χ3v) is 3.75. The molecule has 0 saturated heterocycles. The number of nitro groups is 1. The molecule has 0 radical (unpaired) electrons. The Morgan fingerprint density at radius 3 is 2.19 bits per heavy atom. The number of carbonyl (C=O) groups is 2. The standard InChI is InChI=1S/C14H16N2O5/c17-13(11-3-1-2-4-12(11)14(18)19)15-9-5-7-10(8-6-9)16(20)21/h5-8,11-12H,1-4H2,(H,15,17)(H,18,19)/p-1/t11-,12-/m1/s1. The van der Waals surface area contributed by atoms with E-state index >= 15 is 0 Å². The minimum absolute atomic E-state index is 0.0710. The molecule has 1 aromatic rings. The van der Waals surface area contributed by atoms with E-state index in [0.29, 0.717) is 18.5 Å². The molecule has 7 nitrogen and oxygen atoms in total. The van der Waals surface area contributed by atoms with Gasteiger partial charge in [0.05, 0.1) is 4.92 Å². The molecular formula is C14H15N2O5-. The van der Waals surface area contributed by atoms with Crippen LogP contribution in [0.15, 0.2) is 24.3 Å². The van der Waals surface area contributed by atoms with Gasteiger partial charge in [0.1, 0.15) is 0 Å². The Balaban J connectivity index is 2.05. The van der Waals surface area contributed by atoms with Crippen LogP contribution in [0.4, 0.5) is 11.4 Å². The molecule has 0 spiro atoms. The fourth-order valence-corrected chi connectivity index (χ4v) is 2.63. The van der Waals surface area contributed by atoms with Crippen molar-refractivity contribution in [1.82, 2.24) is 0 Å². The van der Waals surface area contributed by atoms with Gasteiger partial charge in [-0.25, -0.2) is 0 Å². The Bertz CT molecular complexity index is 555. The maximum Gasteiger partial charge on any atom is 0.269 e. The first-order valence-corrected chi connectivity index (χ1v) is 6.75. The van der Waals surface area contributed by atoms with E-state index in [1.54, 1.807) is 0 Å². The van der Waals surface area contributed by atoms with Crippen molar-refractivity contribution < 1.29 is 19.6 Å². The Morgan fingerprint density at radius 2 is 1.67 bits per heavy atom. The summed E-state index contributed by atoms with van der Waals surface area (Å²) >= 11 is 0. The average molecular weight is 291 g/mol. The lowest BCUT2D eigenvalue weighted by atomic mass is 9.78. The molecule has 2 atom stereocenters. The Labute approximate surface area is 121 Å². The van der Waals surface area contributed by atoms with Gasteiger partial charge in [0, 0.05) is 35.6 Å². The zero-order chi connectivity index (χ0) is 15.4. The number of carboxylic acid groups (broad SMARTS) is 1. The second-order valence-corrected chi connectivity index (χ2v) is 5.11. The van der Waals surface area contributed by atoms with Gasteiger partial charge in [0.25, 0.3) is 5.69 Å². The van der Waals surface area contributed by atoms with Crippen molar-refractivity contribution in [2.75, 3.05) is 5.32 Å². The number of rotatable bonds is 4. The number of hydrogen-bond donors (Lipinski definition) is 1. The molecule has 1 aromatic carbocycles. The molecule has 1 aliphatic carbocycles. The molecule has 1 aliphatic rings. The molecule has 1 amide bonds. The van der Waals surface area contributed by atoms with Gasteiger partial charge in [-0.05, 0) is 25.0 Å². The fraction of sp³-hybridized carbons (Fsp3) is 0.429. The van der Waals surface area contributed by atoms with Gasteiger partial charge < -0.3 is 15.2 Å². The average Bonchev–Trinajstić information content (AvgIpc) is 2.47. The molecule has 0 aliphatic heterocycles. The number of benzene rings is 1. The molecule has 2 rings (SSSR count). The van der Waals surface area contributed by atoms with Crippen LogP contribution in [0.1, 0.15) is 25.7 Å². The molecule has 1 N–H and O–H groups in total. The molecule has 0 heterocycles. The lowest BCUT2D eigenvalue weighted by molar-refractivity contribution is -0.384. The summed E-state index contributed by atoms with van der Waals surface area (Å²) in [5, 5.41) is 24.2. The largest absolute Gasteiger partial charge is 0.550 e. The summed E-state index contributed by atoms with van der Waals surface area (Å²) in [6, 6.07) is 5.42. The Kier molecular flexibility index (Phi) is 4.52. The molecule has 0 aromatic heterocycles. The van der Waals surface area contributed by atoms with Crippen LogP contribution < -0.4 is 10.4 Å². The molecule has 7 heteroatoms. The smallest absolute Gasteiger partial charge is 0.269 e. The number of non-ortho nitro benzene ring substituents is 1. The molecule has 112 valence electrons. The van der Waals surface area contributed by atoms with Gasteiger partial charge in [-0.3, -0.25) is 14.9 Å². The van der Waals surface area contributed by atoms with Crippen LogP contribution in [0.2, 0.25) is 0 Å². The van der Waals surface area contributed by atoms with Crippen LogP contribution in [-0.4, -0.2) is 16.8 Å². The maximum absolute atomic E-state index is 12.2. The quantitative estimate of drug-likeness (QED) is 0.659. The molecule has 21 heavy (non-hydrogen) atoms. The van der Waals surface area contributed by atoms with Gasteiger partial charge >= 0.3 is 0 Å². The van der Waals surface area contributed by atoms with E-state index in [0.717, 1.165) is 12.8 Å². The van der Waals surface area contributed by atoms with E-state index in [1.807, 2.05) is 0 Å². The van der Waals surface area contributed by atoms with E-state index in [1.165, 1.54) is 24.3 Å². The number of nitro benzene ring substituents is 1. The van der Waals surface area contributed by atoms with E-state index < -0.39 is 22.7 Å². The highest BCUT2D eigenvalue weighted by atomic mass is 16.6. The van der Waals surface area contributed by atoms with Gasteiger partial charge in [0.15, 0.2) is 0 Å². The SMILES string of the molecule is O=C([O-])[C@@H]1CCCC[C@H]1C(=O)Nc1ccc([N+](=O)[O-])cc1. The summed E-state index contributed by atoms with van der Waals surface area (Å²) < 4.78 is 0. The lowest BCUT2D eigenvalue weighted by Gasteiger charge is -2.31. The van der Waals surface area contributed by atoms with E-state index in [2.05, 4.69) is 5.32 Å². The van der Waals surface area contributed by atoms with E-state index in [9.17, 15) is 24.8 Å². The predicted molar refractivity (Wildman–Crippen MR) is 72.2 cm³/mol. The summed E-state index contributed by atoms with van der Waals surface area (Å²) in [6.07, 6.45) is 2.54. The lowest BCUT2D eigenvalue weighted by Crippen LogP contribution is -2.42. The van der Waals surface area contributed by atoms with Crippen LogP contribution in [0.25, 0.3) is 0 Å².